The highest BCUT2D eigenvalue weighted by molar-refractivity contribution is 5.61. The Balaban J connectivity index is 1.95. The Morgan fingerprint density at radius 2 is 2.33 bits per heavy atom. The van der Waals surface area contributed by atoms with Gasteiger partial charge in [0.2, 0.25) is 0 Å². The topological polar surface area (TPSA) is 33.3 Å². The lowest BCUT2D eigenvalue weighted by molar-refractivity contribution is 0.161. The summed E-state index contributed by atoms with van der Waals surface area (Å²) in [5.74, 6) is 0. The Bertz CT molecular complexity index is 373. The zero-order chi connectivity index (χ0) is 12.8. The third-order valence-electron chi connectivity index (χ3n) is 3.52. The van der Waals surface area contributed by atoms with Gasteiger partial charge in [0, 0.05) is 31.9 Å². The Morgan fingerprint density at radius 3 is 3.11 bits per heavy atom. The lowest BCUT2D eigenvalue weighted by Gasteiger charge is -2.18. The van der Waals surface area contributed by atoms with E-state index in [1.165, 1.54) is 23.2 Å². The number of nitrogens with one attached hydrogen (secondary N) is 2. The number of hydrogen-bond acceptors (Lipinski definition) is 3. The van der Waals surface area contributed by atoms with Crippen molar-refractivity contribution < 1.29 is 4.74 Å². The molecule has 3 nitrogen and oxygen atoms in total. The van der Waals surface area contributed by atoms with E-state index >= 15 is 0 Å². The molecule has 18 heavy (non-hydrogen) atoms. The Labute approximate surface area is 110 Å². The second kappa shape index (κ2) is 6.76. The van der Waals surface area contributed by atoms with Gasteiger partial charge in [-0.25, -0.2) is 0 Å². The van der Waals surface area contributed by atoms with Gasteiger partial charge in [-0.2, -0.15) is 0 Å². The zero-order valence-electron chi connectivity index (χ0n) is 11.5. The molecule has 1 aromatic carbocycles. The van der Waals surface area contributed by atoms with E-state index in [1.807, 2.05) is 0 Å². The molecule has 0 saturated carbocycles. The van der Waals surface area contributed by atoms with Crippen molar-refractivity contribution in [3.63, 3.8) is 0 Å². The average molecular weight is 248 g/mol. The number of ether oxygens (including phenoxy) is 1. The molecule has 1 aromatic rings. The summed E-state index contributed by atoms with van der Waals surface area (Å²) in [5.41, 5.74) is 4.17. The fourth-order valence-corrected chi connectivity index (χ4v) is 2.61. The molecular formula is C15H24N2O. The smallest absolute Gasteiger partial charge is 0.0615 e. The minimum Gasteiger partial charge on any atom is -0.384 e. The van der Waals surface area contributed by atoms with E-state index in [1.54, 1.807) is 7.11 Å². The lowest BCUT2D eigenvalue weighted by Crippen LogP contribution is -2.32. The van der Waals surface area contributed by atoms with Crippen LogP contribution in [0.2, 0.25) is 0 Å². The lowest BCUT2D eigenvalue weighted by atomic mass is 10.1. The summed E-state index contributed by atoms with van der Waals surface area (Å²) >= 11 is 0. The quantitative estimate of drug-likeness (QED) is 0.778. The number of anilines is 1. The molecule has 2 N–H and O–H groups in total. The van der Waals surface area contributed by atoms with Crippen LogP contribution in [0, 0.1) is 0 Å². The predicted molar refractivity (Wildman–Crippen MR) is 76.0 cm³/mol. The van der Waals surface area contributed by atoms with Crippen LogP contribution >= 0.6 is 0 Å². The first-order chi connectivity index (χ1) is 8.85. The molecule has 1 aliphatic rings. The normalized spacial score (nSPS) is 15.2. The molecular weight excluding hydrogens is 224 g/mol. The Hall–Kier alpha value is -1.06. The maximum absolute atomic E-state index is 5.26. The van der Waals surface area contributed by atoms with E-state index in [-0.39, 0.29) is 0 Å². The van der Waals surface area contributed by atoms with Gasteiger partial charge in [0.25, 0.3) is 0 Å². The van der Waals surface area contributed by atoms with Crippen molar-refractivity contribution in [2.24, 2.45) is 0 Å². The number of rotatable bonds is 7. The number of hydrogen-bond donors (Lipinski definition) is 2. The van der Waals surface area contributed by atoms with E-state index < -0.39 is 0 Å². The molecule has 0 saturated heterocycles. The van der Waals surface area contributed by atoms with Gasteiger partial charge in [-0.15, -0.1) is 0 Å². The second-order valence-electron chi connectivity index (χ2n) is 4.95. The summed E-state index contributed by atoms with van der Waals surface area (Å²) in [6.07, 6.45) is 3.50. The average Bonchev–Trinajstić information content (AvgIpc) is 2.85. The van der Waals surface area contributed by atoms with Crippen LogP contribution < -0.4 is 10.6 Å². The molecule has 0 fully saturated rings. The molecule has 0 bridgehead atoms. The van der Waals surface area contributed by atoms with Gasteiger partial charge >= 0.3 is 0 Å². The summed E-state index contributed by atoms with van der Waals surface area (Å²) < 4.78 is 5.26. The molecule has 0 aliphatic carbocycles. The van der Waals surface area contributed by atoms with Gasteiger partial charge in [-0.1, -0.05) is 31.5 Å². The van der Waals surface area contributed by atoms with Crippen molar-refractivity contribution in [1.82, 2.24) is 5.32 Å². The summed E-state index contributed by atoms with van der Waals surface area (Å²) in [4.78, 5) is 0. The summed E-state index contributed by atoms with van der Waals surface area (Å²) in [5, 5.41) is 7.09. The number of methoxy groups -OCH3 is 1. The summed E-state index contributed by atoms with van der Waals surface area (Å²) in [7, 11) is 1.77. The molecule has 0 spiro atoms. The fourth-order valence-electron chi connectivity index (χ4n) is 2.61. The van der Waals surface area contributed by atoms with E-state index in [4.69, 9.17) is 4.74 Å². The third kappa shape index (κ3) is 3.24. The maximum atomic E-state index is 5.26. The van der Waals surface area contributed by atoms with Crippen LogP contribution in [0.25, 0.3) is 0 Å². The molecule has 0 amide bonds. The minimum atomic E-state index is 0.456. The molecule has 1 atom stereocenters. The van der Waals surface area contributed by atoms with Crippen LogP contribution in [0.4, 0.5) is 5.69 Å². The van der Waals surface area contributed by atoms with Gasteiger partial charge in [-0.3, -0.25) is 0 Å². The Kier molecular flexibility index (Phi) is 5.02. The molecule has 2 rings (SSSR count). The van der Waals surface area contributed by atoms with Crippen molar-refractivity contribution in [2.75, 3.05) is 25.6 Å². The number of para-hydroxylation sites is 1. The summed E-state index contributed by atoms with van der Waals surface area (Å²) in [6.45, 7) is 5.00. The first-order valence-electron chi connectivity index (χ1n) is 6.92. The standard InChI is InChI=1S/C15H24N2O/c1-3-5-14(11-18-2)17-10-13-7-4-6-12-8-9-16-15(12)13/h4,6-7,14,16-17H,3,5,8-11H2,1-2H3. The fraction of sp³-hybridized carbons (Fsp3) is 0.600. The van der Waals surface area contributed by atoms with E-state index in [0.717, 1.165) is 32.5 Å². The van der Waals surface area contributed by atoms with E-state index in [2.05, 4.69) is 35.8 Å². The van der Waals surface area contributed by atoms with Gasteiger partial charge in [0.05, 0.1) is 6.61 Å². The van der Waals surface area contributed by atoms with Crippen LogP contribution in [-0.4, -0.2) is 26.3 Å². The predicted octanol–water partition coefficient (Wildman–Crippen LogP) is 2.56. The molecule has 1 heterocycles. The maximum Gasteiger partial charge on any atom is 0.0615 e. The summed E-state index contributed by atoms with van der Waals surface area (Å²) in [6, 6.07) is 7.04. The Morgan fingerprint density at radius 1 is 1.44 bits per heavy atom. The van der Waals surface area contributed by atoms with Crippen molar-refractivity contribution in [3.8, 4) is 0 Å². The highest BCUT2D eigenvalue weighted by Gasteiger charge is 2.14. The van der Waals surface area contributed by atoms with Crippen LogP contribution in [-0.2, 0) is 17.7 Å². The van der Waals surface area contributed by atoms with Crippen LogP contribution in [0.1, 0.15) is 30.9 Å². The molecule has 0 radical (unpaired) electrons. The molecule has 100 valence electrons. The highest BCUT2D eigenvalue weighted by Crippen LogP contribution is 2.26. The van der Waals surface area contributed by atoms with Gasteiger partial charge < -0.3 is 15.4 Å². The third-order valence-corrected chi connectivity index (χ3v) is 3.52. The van der Waals surface area contributed by atoms with Gasteiger partial charge in [0.1, 0.15) is 0 Å². The van der Waals surface area contributed by atoms with Crippen LogP contribution in [0.15, 0.2) is 18.2 Å². The van der Waals surface area contributed by atoms with Crippen LogP contribution in [0.5, 0.6) is 0 Å². The SMILES string of the molecule is CCCC(COC)NCc1cccc2c1NCC2. The van der Waals surface area contributed by atoms with E-state index in [9.17, 15) is 0 Å². The molecule has 0 aromatic heterocycles. The first kappa shape index (κ1) is 13.4. The monoisotopic (exact) mass is 248 g/mol. The second-order valence-corrected chi connectivity index (χ2v) is 4.95. The highest BCUT2D eigenvalue weighted by atomic mass is 16.5. The number of benzene rings is 1. The molecule has 1 unspecified atom stereocenters. The van der Waals surface area contributed by atoms with Gasteiger partial charge in [-0.05, 0) is 24.0 Å². The largest absolute Gasteiger partial charge is 0.384 e. The van der Waals surface area contributed by atoms with Crippen molar-refractivity contribution >= 4 is 5.69 Å². The van der Waals surface area contributed by atoms with Gasteiger partial charge in [0.15, 0.2) is 0 Å². The first-order valence-corrected chi connectivity index (χ1v) is 6.92. The van der Waals surface area contributed by atoms with E-state index in [0.29, 0.717) is 6.04 Å². The molecule has 1 aliphatic heterocycles. The minimum absolute atomic E-state index is 0.456. The number of fused-ring (bicyclic) bond motifs is 1. The zero-order valence-corrected chi connectivity index (χ0v) is 11.5. The van der Waals surface area contributed by atoms with Crippen molar-refractivity contribution in [2.45, 2.75) is 38.8 Å². The van der Waals surface area contributed by atoms with Crippen molar-refractivity contribution in [1.29, 1.82) is 0 Å². The van der Waals surface area contributed by atoms with Crippen molar-refractivity contribution in [3.05, 3.63) is 29.3 Å². The molecule has 3 heteroatoms. The van der Waals surface area contributed by atoms with Crippen LogP contribution in [0.3, 0.4) is 0 Å².